The molecule has 2 N–H and O–H groups in total. The van der Waals surface area contributed by atoms with Crippen LogP contribution in [0.5, 0.6) is 0 Å². The lowest BCUT2D eigenvalue weighted by Gasteiger charge is -2.34. The van der Waals surface area contributed by atoms with Gasteiger partial charge in [0.25, 0.3) is 0 Å². The summed E-state index contributed by atoms with van der Waals surface area (Å²) < 4.78 is 5.96. The van der Waals surface area contributed by atoms with Crippen molar-refractivity contribution in [1.82, 2.24) is 0 Å². The van der Waals surface area contributed by atoms with Gasteiger partial charge in [-0.05, 0) is 60.7 Å². The van der Waals surface area contributed by atoms with Gasteiger partial charge >= 0.3 is 7.32 Å². The summed E-state index contributed by atoms with van der Waals surface area (Å²) in [6.45, 7) is 11.0. The molecular formula is C20H37BO3Si. The van der Waals surface area contributed by atoms with Crippen LogP contribution >= 0.6 is 0 Å². The molecule has 0 heterocycles. The van der Waals surface area contributed by atoms with Crippen molar-refractivity contribution in [1.29, 1.82) is 0 Å². The van der Waals surface area contributed by atoms with Crippen molar-refractivity contribution in [2.75, 3.05) is 0 Å². The number of hydrogen-bond donors (Lipinski definition) is 2. The van der Waals surface area contributed by atoms with Crippen LogP contribution in [0.3, 0.4) is 0 Å². The topological polar surface area (TPSA) is 49.7 Å². The Morgan fingerprint density at radius 3 is 1.96 bits per heavy atom. The third-order valence-corrected chi connectivity index (χ3v) is 9.81. The van der Waals surface area contributed by atoms with Gasteiger partial charge < -0.3 is 14.4 Å². The van der Waals surface area contributed by atoms with Gasteiger partial charge in [0.15, 0.2) is 0 Å². The zero-order chi connectivity index (χ0) is 18.9. The fraction of sp³-hybridized carbons (Fsp3) is 0.700. The molecule has 1 aromatic rings. The molecule has 0 saturated carbocycles. The molecule has 1 rings (SSSR count). The Balaban J connectivity index is 3.39. The number of aryl methyl sites for hydroxylation is 1. The third kappa shape index (κ3) is 6.24. The molecule has 0 aromatic heterocycles. The molecule has 0 spiro atoms. The van der Waals surface area contributed by atoms with E-state index < -0.39 is 15.6 Å². The molecule has 0 bridgehead atoms. The Bertz CT molecular complexity index is 512. The van der Waals surface area contributed by atoms with Gasteiger partial charge in [-0.1, -0.05) is 65.0 Å². The fourth-order valence-electron chi connectivity index (χ4n) is 3.83. The molecule has 25 heavy (non-hydrogen) atoms. The van der Waals surface area contributed by atoms with Crippen LogP contribution in [-0.2, 0) is 10.8 Å². The highest BCUT2D eigenvalue weighted by molar-refractivity contribution is 6.89. The summed E-state index contributed by atoms with van der Waals surface area (Å²) >= 11 is 0. The highest BCUT2D eigenvalue weighted by Crippen LogP contribution is 2.27. The lowest BCUT2D eigenvalue weighted by Crippen LogP contribution is -2.55. The van der Waals surface area contributed by atoms with Gasteiger partial charge in [0.1, 0.15) is 0 Å². The van der Waals surface area contributed by atoms with E-state index in [1.165, 1.54) is 34.7 Å². The fourth-order valence-corrected chi connectivity index (χ4v) is 8.45. The quantitative estimate of drug-likeness (QED) is 0.541. The summed E-state index contributed by atoms with van der Waals surface area (Å²) in [5, 5.41) is 20.6. The maximum absolute atomic E-state index is 9.67. The number of hydrogen-bond acceptors (Lipinski definition) is 3. The van der Waals surface area contributed by atoms with Crippen LogP contribution in [0, 0.1) is 13.8 Å². The zero-order valence-electron chi connectivity index (χ0n) is 16.9. The molecule has 0 amide bonds. The molecule has 0 aliphatic carbocycles. The van der Waals surface area contributed by atoms with E-state index in [1.807, 2.05) is 0 Å². The van der Waals surface area contributed by atoms with Crippen molar-refractivity contribution in [3.05, 3.63) is 28.8 Å². The summed E-state index contributed by atoms with van der Waals surface area (Å²) in [4.78, 5) is 0. The Morgan fingerprint density at radius 2 is 1.48 bits per heavy atom. The summed E-state index contributed by atoms with van der Waals surface area (Å²) in [6, 6.07) is 6.33. The Hall–Kier alpha value is -0.618. The molecule has 5 heteroatoms. The Kier molecular flexibility index (Phi) is 10.0. The van der Waals surface area contributed by atoms with Crippen LogP contribution in [0.2, 0.25) is 12.1 Å². The van der Waals surface area contributed by atoms with E-state index in [1.54, 1.807) is 0 Å². The average Bonchev–Trinajstić information content (AvgIpc) is 2.57. The van der Waals surface area contributed by atoms with Crippen LogP contribution in [0.15, 0.2) is 12.1 Å². The lowest BCUT2D eigenvalue weighted by atomic mass is 9.98. The van der Waals surface area contributed by atoms with Gasteiger partial charge in [-0.3, -0.25) is 0 Å². The van der Waals surface area contributed by atoms with E-state index in [4.69, 9.17) is 4.34 Å². The zero-order valence-corrected chi connectivity index (χ0v) is 17.9. The van der Waals surface area contributed by atoms with Crippen molar-refractivity contribution >= 4 is 20.8 Å². The molecule has 1 aromatic carbocycles. The minimum atomic E-state index is -2.41. The summed E-state index contributed by atoms with van der Waals surface area (Å²) in [5.41, 5.74) is 4.10. The Morgan fingerprint density at radius 1 is 0.920 bits per heavy atom. The molecule has 3 nitrogen and oxygen atoms in total. The molecule has 0 radical (unpaired) electrons. The van der Waals surface area contributed by atoms with Crippen molar-refractivity contribution < 1.29 is 14.4 Å². The molecule has 0 aliphatic rings. The molecule has 0 unspecified atom stereocenters. The number of rotatable bonds is 12. The maximum Gasteiger partial charge on any atom is 0.623 e. The van der Waals surface area contributed by atoms with Crippen LogP contribution in [0.1, 0.15) is 76.0 Å². The van der Waals surface area contributed by atoms with Crippen molar-refractivity contribution in [3.8, 4) is 0 Å². The van der Waals surface area contributed by atoms with Gasteiger partial charge in [0.05, 0.1) is 0 Å². The largest absolute Gasteiger partial charge is 0.623 e. The second-order valence-electron chi connectivity index (χ2n) is 7.28. The van der Waals surface area contributed by atoms with Gasteiger partial charge in [0.2, 0.25) is 8.32 Å². The first-order chi connectivity index (χ1) is 11.9. The summed E-state index contributed by atoms with van der Waals surface area (Å²) in [6.07, 6.45) is 7.80. The second-order valence-corrected chi connectivity index (χ2v) is 11.0. The Labute approximate surface area is 156 Å². The standard InChI is InChI=1S/C20H37BO3Si/c1-6-9-12-19-17(4)13-14-20(18(19)5)25(15-10-7-2,16-11-8-3)24-21(22)23/h13-14,22-23H,6-12,15-16H2,1-5H3. The predicted molar refractivity (Wildman–Crippen MR) is 111 cm³/mol. The summed E-state index contributed by atoms with van der Waals surface area (Å²) in [5.74, 6) is 0. The molecule has 0 saturated heterocycles. The van der Waals surface area contributed by atoms with E-state index in [0.29, 0.717) is 0 Å². The maximum atomic E-state index is 9.67. The smallest absolute Gasteiger partial charge is 0.424 e. The monoisotopic (exact) mass is 364 g/mol. The van der Waals surface area contributed by atoms with Gasteiger partial charge in [-0.25, -0.2) is 0 Å². The molecule has 142 valence electrons. The van der Waals surface area contributed by atoms with Crippen LogP contribution in [0.25, 0.3) is 0 Å². The van der Waals surface area contributed by atoms with Crippen molar-refractivity contribution in [3.63, 3.8) is 0 Å². The normalized spacial score (nSPS) is 11.8. The van der Waals surface area contributed by atoms with Gasteiger partial charge in [-0.15, -0.1) is 0 Å². The SMILES string of the molecule is CCCCc1c(C)ccc([Si](CCCC)(CCCC)OB(O)O)c1C. The van der Waals surface area contributed by atoms with E-state index in [2.05, 4.69) is 46.8 Å². The first kappa shape index (κ1) is 22.4. The molecule has 0 fully saturated rings. The molecule has 0 aliphatic heterocycles. The van der Waals surface area contributed by atoms with E-state index >= 15 is 0 Å². The van der Waals surface area contributed by atoms with Crippen molar-refractivity contribution in [2.24, 2.45) is 0 Å². The highest BCUT2D eigenvalue weighted by atomic mass is 28.4. The van der Waals surface area contributed by atoms with Crippen LogP contribution in [0.4, 0.5) is 0 Å². The summed E-state index contributed by atoms with van der Waals surface area (Å²) in [7, 11) is -4.10. The van der Waals surface area contributed by atoms with Gasteiger partial charge in [-0.2, -0.15) is 0 Å². The van der Waals surface area contributed by atoms with E-state index in [0.717, 1.165) is 44.2 Å². The van der Waals surface area contributed by atoms with E-state index in [-0.39, 0.29) is 0 Å². The minimum absolute atomic E-state index is 0.957. The van der Waals surface area contributed by atoms with Gasteiger partial charge in [0, 0.05) is 0 Å². The van der Waals surface area contributed by atoms with Crippen LogP contribution < -0.4 is 5.19 Å². The highest BCUT2D eigenvalue weighted by Gasteiger charge is 2.40. The van der Waals surface area contributed by atoms with E-state index in [9.17, 15) is 10.0 Å². The lowest BCUT2D eigenvalue weighted by molar-refractivity contribution is 0.282. The first-order valence-electron chi connectivity index (χ1n) is 10.0. The third-order valence-electron chi connectivity index (χ3n) is 5.30. The average molecular weight is 364 g/mol. The molecular weight excluding hydrogens is 327 g/mol. The number of benzene rings is 1. The molecule has 0 atom stereocenters. The predicted octanol–water partition coefficient (Wildman–Crippen LogP) is 4.38. The van der Waals surface area contributed by atoms with Crippen LogP contribution in [-0.4, -0.2) is 25.7 Å². The second kappa shape index (κ2) is 11.2. The minimum Gasteiger partial charge on any atom is -0.424 e. The number of unbranched alkanes of at least 4 members (excludes halogenated alkanes) is 3. The first-order valence-corrected chi connectivity index (χ1v) is 12.4. The van der Waals surface area contributed by atoms with Crippen molar-refractivity contribution in [2.45, 2.75) is 91.7 Å².